The Hall–Kier alpha value is -1.44. The Kier molecular flexibility index (Phi) is 6.39. The molecule has 152 valence electrons. The van der Waals surface area contributed by atoms with Gasteiger partial charge in [-0.3, -0.25) is 4.79 Å². The number of piperidine rings is 1. The van der Waals surface area contributed by atoms with Crippen LogP contribution in [0.2, 0.25) is 0 Å². The minimum atomic E-state index is -3.58. The molecule has 1 aliphatic rings. The highest BCUT2D eigenvalue weighted by Gasteiger charge is 2.42. The summed E-state index contributed by atoms with van der Waals surface area (Å²) in [4.78, 5) is 13.0. The van der Waals surface area contributed by atoms with Crippen molar-refractivity contribution in [1.29, 1.82) is 0 Å². The smallest absolute Gasteiger partial charge is 0.251 e. The number of nitrogens with zero attached hydrogens (tertiary/aromatic N) is 1. The summed E-state index contributed by atoms with van der Waals surface area (Å²) in [5.41, 5.74) is 0.481. The highest BCUT2D eigenvalue weighted by atomic mass is 32.2. The molecule has 27 heavy (non-hydrogen) atoms. The zero-order valence-corrected chi connectivity index (χ0v) is 18.2. The second kappa shape index (κ2) is 7.89. The molecule has 1 heterocycles. The van der Waals surface area contributed by atoms with Crippen LogP contribution in [0.1, 0.15) is 64.7 Å². The summed E-state index contributed by atoms with van der Waals surface area (Å²) in [6.07, 6.45) is 1.75. The Bertz CT molecular complexity index is 767. The fourth-order valence-corrected chi connectivity index (χ4v) is 5.90. The predicted molar refractivity (Wildman–Crippen MR) is 107 cm³/mol. The van der Waals surface area contributed by atoms with E-state index in [1.54, 1.807) is 32.0 Å². The molecule has 1 aromatic carbocycles. The quantitative estimate of drug-likeness (QED) is 0.768. The average molecular weight is 397 g/mol. The van der Waals surface area contributed by atoms with Gasteiger partial charge in [-0.15, -0.1) is 0 Å². The first-order chi connectivity index (χ1) is 12.4. The van der Waals surface area contributed by atoms with Crippen LogP contribution in [-0.2, 0) is 10.0 Å². The summed E-state index contributed by atoms with van der Waals surface area (Å²) < 4.78 is 26.8. The van der Waals surface area contributed by atoms with Gasteiger partial charge in [0.25, 0.3) is 5.91 Å². The van der Waals surface area contributed by atoms with Crippen molar-refractivity contribution >= 4 is 15.9 Å². The fraction of sp³-hybridized carbons (Fsp3) is 0.650. The van der Waals surface area contributed by atoms with Gasteiger partial charge in [-0.25, -0.2) is 8.42 Å². The average Bonchev–Trinajstić information content (AvgIpc) is 2.52. The Morgan fingerprint density at radius 2 is 1.70 bits per heavy atom. The van der Waals surface area contributed by atoms with Crippen molar-refractivity contribution in [2.75, 3.05) is 13.1 Å². The molecule has 0 unspecified atom stereocenters. The van der Waals surface area contributed by atoms with Crippen molar-refractivity contribution in [3.05, 3.63) is 29.8 Å². The lowest BCUT2D eigenvalue weighted by Gasteiger charge is -2.43. The van der Waals surface area contributed by atoms with Gasteiger partial charge in [0, 0.05) is 37.5 Å². The molecular formula is C20H34N3O3S+. The van der Waals surface area contributed by atoms with Crippen LogP contribution in [-0.4, -0.2) is 48.8 Å². The van der Waals surface area contributed by atoms with Crippen molar-refractivity contribution in [2.45, 2.75) is 76.4 Å². The molecule has 3 N–H and O–H groups in total. The Morgan fingerprint density at radius 3 is 2.22 bits per heavy atom. The van der Waals surface area contributed by atoms with E-state index in [0.29, 0.717) is 18.7 Å². The molecule has 1 saturated heterocycles. The summed E-state index contributed by atoms with van der Waals surface area (Å²) in [5, 5.41) is 5.48. The van der Waals surface area contributed by atoms with E-state index >= 15 is 0 Å². The number of benzene rings is 1. The largest absolute Gasteiger partial charge is 0.349 e. The van der Waals surface area contributed by atoms with Crippen LogP contribution in [0.15, 0.2) is 29.2 Å². The maximum atomic E-state index is 12.8. The number of sulfonamides is 1. The van der Waals surface area contributed by atoms with Crippen molar-refractivity contribution in [2.24, 2.45) is 0 Å². The third kappa shape index (κ3) is 5.30. The van der Waals surface area contributed by atoms with Crippen molar-refractivity contribution in [1.82, 2.24) is 9.62 Å². The monoisotopic (exact) mass is 396 g/mol. The molecule has 0 atom stereocenters. The topological polar surface area (TPSA) is 83.1 Å². The number of carbonyl (C=O) groups is 1. The fourth-order valence-electron chi connectivity index (χ4n) is 4.40. The molecule has 7 heteroatoms. The van der Waals surface area contributed by atoms with Gasteiger partial charge in [0.1, 0.15) is 0 Å². The van der Waals surface area contributed by atoms with Crippen LogP contribution in [0, 0.1) is 0 Å². The van der Waals surface area contributed by atoms with E-state index in [9.17, 15) is 13.2 Å². The number of hydrogen-bond acceptors (Lipinski definition) is 3. The summed E-state index contributed by atoms with van der Waals surface area (Å²) >= 11 is 0. The Balaban J connectivity index is 2.21. The second-order valence-electron chi connectivity index (χ2n) is 8.82. The molecule has 1 aliphatic heterocycles. The maximum absolute atomic E-state index is 12.8. The molecule has 0 aromatic heterocycles. The lowest BCUT2D eigenvalue weighted by atomic mass is 9.79. The molecule has 1 amide bonds. The van der Waals surface area contributed by atoms with Gasteiger partial charge in [0.15, 0.2) is 0 Å². The SMILES string of the molecule is CCN(CC)S(=O)(=O)c1cccc(C(=O)NC2CC(C)(C)[NH2+]C(C)(C)C2)c1. The zero-order chi connectivity index (χ0) is 20.5. The Morgan fingerprint density at radius 1 is 1.15 bits per heavy atom. The van der Waals surface area contributed by atoms with Gasteiger partial charge in [-0.2, -0.15) is 4.31 Å². The molecule has 2 rings (SSSR count). The van der Waals surface area contributed by atoms with E-state index in [4.69, 9.17) is 0 Å². The van der Waals surface area contributed by atoms with E-state index in [0.717, 1.165) is 12.8 Å². The third-order valence-electron chi connectivity index (χ3n) is 5.10. The number of hydrogen-bond donors (Lipinski definition) is 2. The number of nitrogens with two attached hydrogens (primary N) is 1. The first kappa shape index (κ1) is 21.9. The van der Waals surface area contributed by atoms with Crippen LogP contribution in [0.3, 0.4) is 0 Å². The van der Waals surface area contributed by atoms with E-state index in [-0.39, 0.29) is 27.9 Å². The van der Waals surface area contributed by atoms with Gasteiger partial charge in [-0.05, 0) is 45.9 Å². The number of quaternary nitrogens is 1. The van der Waals surface area contributed by atoms with Crippen molar-refractivity contribution in [3.63, 3.8) is 0 Å². The Labute approximate surface area is 163 Å². The number of rotatable bonds is 6. The minimum Gasteiger partial charge on any atom is -0.349 e. The lowest BCUT2D eigenvalue weighted by molar-refractivity contribution is -0.787. The summed E-state index contributed by atoms with van der Waals surface area (Å²) in [6.45, 7) is 13.2. The van der Waals surface area contributed by atoms with Gasteiger partial charge in [0.2, 0.25) is 10.0 Å². The standard InChI is InChI=1S/C20H33N3O3S/c1-7-23(8-2)27(25,26)17-11-9-10-15(12-17)18(24)21-16-13-19(3,4)22-20(5,6)14-16/h9-12,16,22H,7-8,13-14H2,1-6H3,(H,21,24)/p+1. The van der Waals surface area contributed by atoms with E-state index < -0.39 is 10.0 Å². The molecular weight excluding hydrogens is 362 g/mol. The number of nitrogens with one attached hydrogen (secondary N) is 1. The molecule has 1 aromatic rings. The third-order valence-corrected chi connectivity index (χ3v) is 7.15. The molecule has 0 bridgehead atoms. The van der Waals surface area contributed by atoms with Gasteiger partial charge in [0.05, 0.1) is 16.0 Å². The van der Waals surface area contributed by atoms with Crippen molar-refractivity contribution in [3.8, 4) is 0 Å². The highest BCUT2D eigenvalue weighted by molar-refractivity contribution is 7.89. The zero-order valence-electron chi connectivity index (χ0n) is 17.4. The van der Waals surface area contributed by atoms with Gasteiger partial charge < -0.3 is 10.6 Å². The number of amides is 1. The van der Waals surface area contributed by atoms with Gasteiger partial charge >= 0.3 is 0 Å². The predicted octanol–water partition coefficient (Wildman–Crippen LogP) is 1.73. The van der Waals surface area contributed by atoms with Crippen LogP contribution in [0.25, 0.3) is 0 Å². The number of carbonyl (C=O) groups excluding carboxylic acids is 1. The molecule has 1 fully saturated rings. The molecule has 0 aliphatic carbocycles. The second-order valence-corrected chi connectivity index (χ2v) is 10.8. The molecule has 0 saturated carbocycles. The molecule has 6 nitrogen and oxygen atoms in total. The molecule has 0 spiro atoms. The van der Waals surface area contributed by atoms with E-state index in [2.05, 4.69) is 38.3 Å². The van der Waals surface area contributed by atoms with E-state index in [1.165, 1.54) is 10.4 Å². The first-order valence-corrected chi connectivity index (χ1v) is 11.1. The van der Waals surface area contributed by atoms with Crippen LogP contribution >= 0.6 is 0 Å². The van der Waals surface area contributed by atoms with E-state index in [1.807, 2.05) is 0 Å². The van der Waals surface area contributed by atoms with Crippen LogP contribution in [0.5, 0.6) is 0 Å². The summed E-state index contributed by atoms with van der Waals surface area (Å²) in [7, 11) is -3.58. The van der Waals surface area contributed by atoms with Gasteiger partial charge in [-0.1, -0.05) is 19.9 Å². The van der Waals surface area contributed by atoms with Crippen LogP contribution in [0.4, 0.5) is 0 Å². The highest BCUT2D eigenvalue weighted by Crippen LogP contribution is 2.23. The van der Waals surface area contributed by atoms with Crippen LogP contribution < -0.4 is 10.6 Å². The first-order valence-electron chi connectivity index (χ1n) is 9.68. The normalized spacial score (nSPS) is 19.8. The van der Waals surface area contributed by atoms with Crippen molar-refractivity contribution < 1.29 is 18.5 Å². The minimum absolute atomic E-state index is 0.0492. The molecule has 0 radical (unpaired) electrons. The lowest BCUT2D eigenvalue weighted by Crippen LogP contribution is -3.06. The maximum Gasteiger partial charge on any atom is 0.251 e. The summed E-state index contributed by atoms with van der Waals surface area (Å²) in [6, 6.07) is 6.39. The summed E-state index contributed by atoms with van der Waals surface area (Å²) in [5.74, 6) is -0.218.